The monoisotopic (exact) mass is 432 g/mol. The van der Waals surface area contributed by atoms with E-state index in [0.717, 1.165) is 5.57 Å². The lowest BCUT2D eigenvalue weighted by Crippen LogP contribution is -2.48. The third-order valence-corrected chi connectivity index (χ3v) is 7.34. The van der Waals surface area contributed by atoms with Crippen molar-refractivity contribution in [2.24, 2.45) is 29.1 Å². The summed E-state index contributed by atoms with van der Waals surface area (Å²) in [5.41, 5.74) is 0.395. The van der Waals surface area contributed by atoms with Gasteiger partial charge in [0.15, 0.2) is 11.9 Å². The van der Waals surface area contributed by atoms with Gasteiger partial charge < -0.3 is 14.6 Å². The summed E-state index contributed by atoms with van der Waals surface area (Å²) in [6.07, 6.45) is 6.86. The Balaban J connectivity index is 1.82. The number of Topliss-reactive ketones (excluding diaryl/α,β-unsaturated/α-hetero) is 1. The lowest BCUT2D eigenvalue weighted by Gasteiger charge is -2.43. The molecule has 1 fully saturated rings. The molecule has 1 heterocycles. The highest BCUT2D eigenvalue weighted by Gasteiger charge is 2.47. The topological polar surface area (TPSA) is 89.9 Å². The number of cyclic esters (lactones) is 1. The minimum Gasteiger partial charge on any atom is -0.462 e. The van der Waals surface area contributed by atoms with Crippen LogP contribution in [0.25, 0.3) is 0 Å². The van der Waals surface area contributed by atoms with E-state index < -0.39 is 17.6 Å². The van der Waals surface area contributed by atoms with Crippen molar-refractivity contribution in [2.45, 2.75) is 85.0 Å². The summed E-state index contributed by atoms with van der Waals surface area (Å²) < 4.78 is 11.3. The van der Waals surface area contributed by atoms with Gasteiger partial charge in [0.05, 0.1) is 17.9 Å². The van der Waals surface area contributed by atoms with Gasteiger partial charge in [-0.1, -0.05) is 39.0 Å². The molecule has 1 aliphatic heterocycles. The molecule has 0 aromatic heterocycles. The number of esters is 2. The van der Waals surface area contributed by atoms with E-state index in [1.807, 2.05) is 33.8 Å². The second kappa shape index (κ2) is 9.27. The Bertz CT molecular complexity index is 779. The van der Waals surface area contributed by atoms with Gasteiger partial charge in [0.2, 0.25) is 0 Å². The van der Waals surface area contributed by atoms with E-state index >= 15 is 0 Å². The number of fused-ring (bicyclic) bond motifs is 1. The number of aliphatic hydroxyl groups is 1. The molecule has 0 bridgehead atoms. The zero-order valence-corrected chi connectivity index (χ0v) is 19.3. The first-order valence-electron chi connectivity index (χ1n) is 11.6. The molecular formula is C25H36O6. The molecule has 7 atom stereocenters. The molecule has 172 valence electrons. The number of hydrogen-bond acceptors (Lipinski definition) is 6. The summed E-state index contributed by atoms with van der Waals surface area (Å²) in [6, 6.07) is 0. The van der Waals surface area contributed by atoms with Gasteiger partial charge in [0, 0.05) is 18.3 Å². The highest BCUT2D eigenvalue weighted by Crippen LogP contribution is 2.44. The Morgan fingerprint density at radius 3 is 2.61 bits per heavy atom. The fourth-order valence-corrected chi connectivity index (χ4v) is 4.87. The largest absolute Gasteiger partial charge is 0.462 e. The summed E-state index contributed by atoms with van der Waals surface area (Å²) in [6.45, 7) is 9.57. The van der Waals surface area contributed by atoms with Crippen LogP contribution in [-0.2, 0) is 23.9 Å². The van der Waals surface area contributed by atoms with Crippen molar-refractivity contribution < 1.29 is 29.0 Å². The van der Waals surface area contributed by atoms with Gasteiger partial charge in [0.25, 0.3) is 0 Å². The van der Waals surface area contributed by atoms with Crippen molar-refractivity contribution in [1.82, 2.24) is 0 Å². The van der Waals surface area contributed by atoms with E-state index in [1.54, 1.807) is 0 Å². The maximum Gasteiger partial charge on any atom is 0.312 e. The van der Waals surface area contributed by atoms with Gasteiger partial charge in [-0.2, -0.15) is 0 Å². The Hall–Kier alpha value is -1.95. The molecule has 2 aliphatic carbocycles. The van der Waals surface area contributed by atoms with Crippen LogP contribution >= 0.6 is 0 Å². The fourth-order valence-electron chi connectivity index (χ4n) is 4.87. The average Bonchev–Trinajstić information content (AvgIpc) is 2.70. The molecule has 0 aromatic rings. The van der Waals surface area contributed by atoms with Crippen LogP contribution in [0.2, 0.25) is 0 Å². The summed E-state index contributed by atoms with van der Waals surface area (Å²) >= 11 is 0. The maximum absolute atomic E-state index is 13.1. The summed E-state index contributed by atoms with van der Waals surface area (Å²) in [4.78, 5) is 37.7. The first kappa shape index (κ1) is 23.7. The Kier molecular flexibility index (Phi) is 7.09. The van der Waals surface area contributed by atoms with Crippen molar-refractivity contribution in [3.05, 3.63) is 23.8 Å². The highest BCUT2D eigenvalue weighted by atomic mass is 16.6. The molecule has 6 nitrogen and oxygen atoms in total. The number of ketones is 1. The normalized spacial score (nSPS) is 35.8. The zero-order chi connectivity index (χ0) is 22.9. The van der Waals surface area contributed by atoms with E-state index in [1.165, 1.54) is 0 Å². The molecule has 0 radical (unpaired) electrons. The van der Waals surface area contributed by atoms with Gasteiger partial charge in [-0.05, 0) is 50.5 Å². The van der Waals surface area contributed by atoms with Gasteiger partial charge in [-0.25, -0.2) is 0 Å². The molecule has 0 spiro atoms. The first-order chi connectivity index (χ1) is 14.5. The van der Waals surface area contributed by atoms with Gasteiger partial charge in [-0.15, -0.1) is 0 Å². The minimum absolute atomic E-state index is 0.0478. The Morgan fingerprint density at radius 2 is 1.97 bits per heavy atom. The van der Waals surface area contributed by atoms with Crippen LogP contribution in [0.4, 0.5) is 0 Å². The summed E-state index contributed by atoms with van der Waals surface area (Å²) in [5, 5.41) is 9.91. The van der Waals surface area contributed by atoms with Gasteiger partial charge in [-0.3, -0.25) is 14.4 Å². The smallest absolute Gasteiger partial charge is 0.312 e. The lowest BCUT2D eigenvalue weighted by molar-refractivity contribution is -0.169. The number of carbonyl (C=O) groups is 3. The van der Waals surface area contributed by atoms with Crippen molar-refractivity contribution in [3.8, 4) is 0 Å². The second-order valence-corrected chi connectivity index (χ2v) is 10.1. The molecule has 0 aromatic carbocycles. The molecular weight excluding hydrogens is 396 g/mol. The third kappa shape index (κ3) is 5.11. The zero-order valence-electron chi connectivity index (χ0n) is 19.3. The summed E-state index contributed by atoms with van der Waals surface area (Å²) in [5.74, 6) is -1.00. The average molecular weight is 433 g/mol. The number of ether oxygens (including phenoxy) is 2. The van der Waals surface area contributed by atoms with E-state index in [4.69, 9.17) is 9.47 Å². The third-order valence-electron chi connectivity index (χ3n) is 7.34. The molecule has 3 rings (SSSR count). The fraction of sp³-hybridized carbons (Fsp3) is 0.720. The molecule has 2 unspecified atom stereocenters. The van der Waals surface area contributed by atoms with Crippen LogP contribution in [0, 0.1) is 29.1 Å². The van der Waals surface area contributed by atoms with Crippen molar-refractivity contribution >= 4 is 17.7 Å². The highest BCUT2D eigenvalue weighted by molar-refractivity contribution is 5.91. The molecule has 1 saturated heterocycles. The van der Waals surface area contributed by atoms with Gasteiger partial charge in [0.1, 0.15) is 6.10 Å². The molecule has 0 saturated carbocycles. The van der Waals surface area contributed by atoms with Crippen LogP contribution in [0.1, 0.15) is 66.7 Å². The SMILES string of the molecule is CCC(C)(C)C(=O)O[C@H]1C(=O)[C@@H](C)C=C2C=CC(C)[C@H](CCC3C[C@@H](O)CC(=O)O3)[C@H]21. The van der Waals surface area contributed by atoms with Crippen LogP contribution < -0.4 is 0 Å². The van der Waals surface area contributed by atoms with Crippen LogP contribution in [-0.4, -0.2) is 41.1 Å². The number of carbonyl (C=O) groups excluding carboxylic acids is 3. The van der Waals surface area contributed by atoms with E-state index in [0.29, 0.717) is 25.7 Å². The second-order valence-electron chi connectivity index (χ2n) is 10.1. The van der Waals surface area contributed by atoms with Crippen LogP contribution in [0.5, 0.6) is 0 Å². The van der Waals surface area contributed by atoms with Crippen LogP contribution in [0.3, 0.4) is 0 Å². The number of hydrogen-bond donors (Lipinski definition) is 1. The molecule has 6 heteroatoms. The number of allylic oxidation sites excluding steroid dienone is 3. The van der Waals surface area contributed by atoms with E-state index in [-0.39, 0.29) is 53.9 Å². The van der Waals surface area contributed by atoms with E-state index in [2.05, 4.69) is 19.1 Å². The van der Waals surface area contributed by atoms with Gasteiger partial charge >= 0.3 is 11.9 Å². The molecule has 1 N–H and O–H groups in total. The van der Waals surface area contributed by atoms with Crippen molar-refractivity contribution in [3.63, 3.8) is 0 Å². The minimum atomic E-state index is -0.801. The number of aliphatic hydroxyl groups excluding tert-OH is 1. The predicted molar refractivity (Wildman–Crippen MR) is 116 cm³/mol. The predicted octanol–water partition coefficient (Wildman–Crippen LogP) is 3.76. The molecule has 0 amide bonds. The van der Waals surface area contributed by atoms with Crippen LogP contribution in [0.15, 0.2) is 23.8 Å². The van der Waals surface area contributed by atoms with E-state index in [9.17, 15) is 19.5 Å². The lowest BCUT2D eigenvalue weighted by atomic mass is 9.65. The quantitative estimate of drug-likeness (QED) is 0.643. The molecule has 31 heavy (non-hydrogen) atoms. The first-order valence-corrected chi connectivity index (χ1v) is 11.6. The Morgan fingerprint density at radius 1 is 1.26 bits per heavy atom. The maximum atomic E-state index is 13.1. The number of rotatable bonds is 6. The van der Waals surface area contributed by atoms with Crippen molar-refractivity contribution in [2.75, 3.05) is 0 Å². The van der Waals surface area contributed by atoms with Crippen molar-refractivity contribution in [1.29, 1.82) is 0 Å². The Labute approximate surface area is 185 Å². The molecule has 3 aliphatic rings. The summed E-state index contributed by atoms with van der Waals surface area (Å²) in [7, 11) is 0. The standard InChI is InChI=1S/C25H36O6/c1-6-25(4,5)24(29)31-23-21-16(11-15(3)22(23)28)8-7-14(2)19(21)10-9-18-12-17(26)13-20(27)30-18/h7-8,11,14-15,17-19,21,23,26H,6,9-10,12-13H2,1-5H3/t14?,15-,17+,18?,19-,21-,23+/m0/s1.